The third kappa shape index (κ3) is 2.53. The topological polar surface area (TPSA) is 86.3 Å². The van der Waals surface area contributed by atoms with Crippen LogP contribution in [0.4, 0.5) is 10.7 Å². The van der Waals surface area contributed by atoms with Gasteiger partial charge in [0.05, 0.1) is 26.0 Å². The summed E-state index contributed by atoms with van der Waals surface area (Å²) in [5.74, 6) is 0. The zero-order chi connectivity index (χ0) is 14.2. The fourth-order valence-electron chi connectivity index (χ4n) is 1.60. The summed E-state index contributed by atoms with van der Waals surface area (Å²) in [6.45, 7) is 0. The number of nitro groups is 2. The zero-order valence-electron chi connectivity index (χ0n) is 9.00. The zero-order valence-corrected chi connectivity index (χ0v) is 11.3. The first-order valence-electron chi connectivity index (χ1n) is 4.77. The minimum absolute atomic E-state index is 0.000648. The van der Waals surface area contributed by atoms with Crippen molar-refractivity contribution in [2.75, 3.05) is 0 Å². The normalized spacial score (nSPS) is 10.4. The lowest BCUT2D eigenvalue weighted by atomic mass is 10.1. The van der Waals surface area contributed by atoms with Crippen molar-refractivity contribution in [3.8, 4) is 11.1 Å². The van der Waals surface area contributed by atoms with Gasteiger partial charge in [-0.15, -0.1) is 0 Å². The predicted octanol–water partition coefficient (Wildman–Crippen LogP) is 4.54. The minimum atomic E-state index is -0.672. The van der Waals surface area contributed by atoms with E-state index < -0.39 is 9.85 Å². The summed E-state index contributed by atoms with van der Waals surface area (Å²) in [7, 11) is 0. The van der Waals surface area contributed by atoms with Crippen LogP contribution < -0.4 is 0 Å². The molecular weight excluding hydrogens is 315 g/mol. The first-order valence-corrected chi connectivity index (χ1v) is 6.41. The molecule has 1 aromatic heterocycles. The average Bonchev–Trinajstić information content (AvgIpc) is 2.76. The molecule has 0 fully saturated rings. The molecule has 1 heterocycles. The fourth-order valence-corrected chi connectivity index (χ4v) is 2.90. The van der Waals surface area contributed by atoms with Gasteiger partial charge in [-0.1, -0.05) is 34.5 Å². The van der Waals surface area contributed by atoms with Crippen LogP contribution >= 0.6 is 34.5 Å². The number of hydrogen-bond acceptors (Lipinski definition) is 5. The van der Waals surface area contributed by atoms with Crippen LogP contribution in [0, 0.1) is 20.2 Å². The molecule has 0 aliphatic heterocycles. The molecule has 0 bridgehead atoms. The first-order chi connectivity index (χ1) is 8.91. The molecule has 2 rings (SSSR count). The molecular formula is C10H4Cl2N2O4S. The molecule has 0 radical (unpaired) electrons. The number of thiophene rings is 1. The van der Waals surface area contributed by atoms with E-state index >= 15 is 0 Å². The number of benzene rings is 1. The van der Waals surface area contributed by atoms with Crippen LogP contribution in [0.15, 0.2) is 23.6 Å². The van der Waals surface area contributed by atoms with Gasteiger partial charge in [0.15, 0.2) is 0 Å². The van der Waals surface area contributed by atoms with E-state index in [-0.39, 0.29) is 31.9 Å². The van der Waals surface area contributed by atoms with Crippen molar-refractivity contribution in [1.82, 2.24) is 0 Å². The molecule has 0 unspecified atom stereocenters. The van der Waals surface area contributed by atoms with Crippen molar-refractivity contribution >= 4 is 45.2 Å². The van der Waals surface area contributed by atoms with Gasteiger partial charge in [0, 0.05) is 11.1 Å². The van der Waals surface area contributed by atoms with Crippen molar-refractivity contribution < 1.29 is 9.85 Å². The summed E-state index contributed by atoms with van der Waals surface area (Å²) in [6.07, 6.45) is 0. The van der Waals surface area contributed by atoms with E-state index in [9.17, 15) is 20.2 Å². The van der Waals surface area contributed by atoms with E-state index in [0.717, 1.165) is 17.4 Å². The standard InChI is InChI=1S/C10H4Cl2N2O4S/c11-5-3-7(12)9(8(4-5)13(15)16)6-1-2-19-10(6)14(17)18/h1-4H. The van der Waals surface area contributed by atoms with Crippen LogP contribution in [0.2, 0.25) is 10.0 Å². The van der Waals surface area contributed by atoms with Crippen LogP contribution in [0.25, 0.3) is 11.1 Å². The molecule has 0 N–H and O–H groups in total. The number of halogens is 2. The minimum Gasteiger partial charge on any atom is -0.258 e. The Bertz CT molecular complexity index is 686. The highest BCUT2D eigenvalue weighted by molar-refractivity contribution is 7.14. The van der Waals surface area contributed by atoms with Gasteiger partial charge >= 0.3 is 5.00 Å². The summed E-state index contributed by atoms with van der Waals surface area (Å²) in [5, 5.41) is 23.3. The maximum absolute atomic E-state index is 11.0. The van der Waals surface area contributed by atoms with Crippen LogP contribution in [0.3, 0.4) is 0 Å². The Morgan fingerprint density at radius 3 is 2.37 bits per heavy atom. The number of hydrogen-bond donors (Lipinski definition) is 0. The van der Waals surface area contributed by atoms with Crippen molar-refractivity contribution in [2.24, 2.45) is 0 Å². The second-order valence-corrected chi connectivity index (χ2v) is 5.17. The van der Waals surface area contributed by atoms with Crippen LogP contribution in [-0.2, 0) is 0 Å². The van der Waals surface area contributed by atoms with E-state index in [1.165, 1.54) is 17.5 Å². The first kappa shape index (κ1) is 13.7. The Labute approximate surface area is 120 Å². The SMILES string of the molecule is O=[N+]([O-])c1cc(Cl)cc(Cl)c1-c1ccsc1[N+](=O)[O-]. The summed E-state index contributed by atoms with van der Waals surface area (Å²) in [5.41, 5.74) is -0.244. The van der Waals surface area contributed by atoms with Crippen molar-refractivity contribution in [1.29, 1.82) is 0 Å². The second-order valence-electron chi connectivity index (χ2n) is 3.44. The molecule has 0 aliphatic carbocycles. The van der Waals surface area contributed by atoms with Crippen molar-refractivity contribution in [3.63, 3.8) is 0 Å². The van der Waals surface area contributed by atoms with Crippen molar-refractivity contribution in [3.05, 3.63) is 53.9 Å². The van der Waals surface area contributed by atoms with Gasteiger partial charge in [-0.3, -0.25) is 20.2 Å². The molecule has 6 nitrogen and oxygen atoms in total. The van der Waals surface area contributed by atoms with Gasteiger partial charge in [0.2, 0.25) is 0 Å². The van der Waals surface area contributed by atoms with Gasteiger partial charge in [0.25, 0.3) is 5.69 Å². The third-order valence-corrected chi connectivity index (χ3v) is 3.69. The lowest BCUT2D eigenvalue weighted by Crippen LogP contribution is -1.94. The molecule has 1 aromatic carbocycles. The van der Waals surface area contributed by atoms with E-state index in [4.69, 9.17) is 23.2 Å². The fraction of sp³-hybridized carbons (Fsp3) is 0. The molecule has 0 aliphatic rings. The Kier molecular flexibility index (Phi) is 3.70. The molecule has 98 valence electrons. The molecule has 0 amide bonds. The van der Waals surface area contributed by atoms with Gasteiger partial charge in [-0.25, -0.2) is 0 Å². The Balaban J connectivity index is 2.78. The average molecular weight is 319 g/mol. The van der Waals surface area contributed by atoms with E-state index in [0.29, 0.717) is 0 Å². The maximum atomic E-state index is 11.0. The summed E-state index contributed by atoms with van der Waals surface area (Å²) >= 11 is 12.5. The molecule has 0 spiro atoms. The Morgan fingerprint density at radius 2 is 1.79 bits per heavy atom. The largest absolute Gasteiger partial charge is 0.332 e. The molecule has 0 saturated heterocycles. The van der Waals surface area contributed by atoms with E-state index in [1.807, 2.05) is 0 Å². The van der Waals surface area contributed by atoms with E-state index in [2.05, 4.69) is 0 Å². The lowest BCUT2D eigenvalue weighted by molar-refractivity contribution is -0.385. The molecule has 9 heteroatoms. The number of nitro benzene ring substituents is 1. The van der Waals surface area contributed by atoms with Crippen LogP contribution in [-0.4, -0.2) is 9.85 Å². The third-order valence-electron chi connectivity index (χ3n) is 2.31. The molecule has 0 atom stereocenters. The van der Waals surface area contributed by atoms with Gasteiger partial charge in [-0.2, -0.15) is 0 Å². The highest BCUT2D eigenvalue weighted by Crippen LogP contribution is 2.44. The molecule has 19 heavy (non-hydrogen) atoms. The van der Waals surface area contributed by atoms with Gasteiger partial charge < -0.3 is 0 Å². The predicted molar refractivity (Wildman–Crippen MR) is 73.1 cm³/mol. The highest BCUT2D eigenvalue weighted by Gasteiger charge is 2.27. The summed E-state index contributed by atoms with van der Waals surface area (Å²) in [6, 6.07) is 3.85. The summed E-state index contributed by atoms with van der Waals surface area (Å²) < 4.78 is 0. The highest BCUT2D eigenvalue weighted by atomic mass is 35.5. The van der Waals surface area contributed by atoms with Gasteiger partial charge in [-0.05, 0) is 17.5 Å². The lowest BCUT2D eigenvalue weighted by Gasteiger charge is -2.04. The van der Waals surface area contributed by atoms with Crippen molar-refractivity contribution in [2.45, 2.75) is 0 Å². The molecule has 2 aromatic rings. The Morgan fingerprint density at radius 1 is 1.11 bits per heavy atom. The monoisotopic (exact) mass is 318 g/mol. The Hall–Kier alpha value is -1.70. The second kappa shape index (κ2) is 5.12. The van der Waals surface area contributed by atoms with E-state index in [1.54, 1.807) is 0 Å². The number of rotatable bonds is 3. The smallest absolute Gasteiger partial charge is 0.258 e. The van der Waals surface area contributed by atoms with Crippen LogP contribution in [0.1, 0.15) is 0 Å². The number of nitrogens with zero attached hydrogens (tertiary/aromatic N) is 2. The summed E-state index contributed by atoms with van der Waals surface area (Å²) in [4.78, 5) is 20.6. The molecule has 0 saturated carbocycles. The quantitative estimate of drug-likeness (QED) is 0.614. The van der Waals surface area contributed by atoms with Gasteiger partial charge in [0.1, 0.15) is 0 Å². The van der Waals surface area contributed by atoms with Crippen LogP contribution in [0.5, 0.6) is 0 Å². The maximum Gasteiger partial charge on any atom is 0.332 e.